The lowest BCUT2D eigenvalue weighted by Crippen LogP contribution is -2.22. The van der Waals surface area contributed by atoms with Gasteiger partial charge in [0, 0.05) is 20.2 Å². The van der Waals surface area contributed by atoms with Gasteiger partial charge in [-0.3, -0.25) is 4.68 Å². The van der Waals surface area contributed by atoms with E-state index in [4.69, 9.17) is 4.74 Å². The number of benzene rings is 1. The highest BCUT2D eigenvalue weighted by atomic mass is 16.5. The van der Waals surface area contributed by atoms with Crippen molar-refractivity contribution in [3.8, 4) is 0 Å². The molecule has 0 aliphatic carbocycles. The van der Waals surface area contributed by atoms with Crippen LogP contribution in [0, 0.1) is 0 Å². The summed E-state index contributed by atoms with van der Waals surface area (Å²) in [6.07, 6.45) is 2.63. The Morgan fingerprint density at radius 3 is 2.71 bits per heavy atom. The standard InChI is InChI=1S/C16H24N4O/c1-4-9-21-11-15-8-6-5-7-14(15)10-17-13(2)16-18-12-19-20(16)3/h5-8,12-13,17H,4,9-11H2,1-3H3. The number of ether oxygens (including phenoxy) is 1. The molecular formula is C16H24N4O. The van der Waals surface area contributed by atoms with E-state index in [0.29, 0.717) is 6.61 Å². The summed E-state index contributed by atoms with van der Waals surface area (Å²) in [4.78, 5) is 4.28. The van der Waals surface area contributed by atoms with E-state index in [1.165, 1.54) is 11.1 Å². The first-order chi connectivity index (χ1) is 10.2. The van der Waals surface area contributed by atoms with Crippen molar-refractivity contribution in [2.45, 2.75) is 39.5 Å². The molecule has 0 spiro atoms. The van der Waals surface area contributed by atoms with Gasteiger partial charge in [0.1, 0.15) is 12.2 Å². The van der Waals surface area contributed by atoms with E-state index in [9.17, 15) is 0 Å². The highest BCUT2D eigenvalue weighted by Crippen LogP contribution is 2.13. The molecule has 21 heavy (non-hydrogen) atoms. The molecule has 0 saturated carbocycles. The quantitative estimate of drug-likeness (QED) is 0.759. The van der Waals surface area contributed by atoms with Crippen LogP contribution in [0.1, 0.15) is 43.3 Å². The fourth-order valence-electron chi connectivity index (χ4n) is 2.25. The van der Waals surface area contributed by atoms with E-state index in [0.717, 1.165) is 25.4 Å². The van der Waals surface area contributed by atoms with Crippen LogP contribution in [0.15, 0.2) is 30.6 Å². The van der Waals surface area contributed by atoms with Gasteiger partial charge in [0.2, 0.25) is 0 Å². The van der Waals surface area contributed by atoms with Crippen molar-refractivity contribution in [2.24, 2.45) is 7.05 Å². The van der Waals surface area contributed by atoms with Crippen molar-refractivity contribution in [2.75, 3.05) is 6.61 Å². The molecule has 2 rings (SSSR count). The summed E-state index contributed by atoms with van der Waals surface area (Å²) in [5.74, 6) is 0.940. The molecule has 0 aliphatic heterocycles. The van der Waals surface area contributed by atoms with Crippen LogP contribution in [0.4, 0.5) is 0 Å². The van der Waals surface area contributed by atoms with Crippen molar-refractivity contribution in [1.82, 2.24) is 20.1 Å². The van der Waals surface area contributed by atoms with Crippen LogP contribution < -0.4 is 5.32 Å². The molecule has 1 heterocycles. The van der Waals surface area contributed by atoms with Gasteiger partial charge in [-0.25, -0.2) is 4.98 Å². The zero-order chi connectivity index (χ0) is 15.1. The summed E-state index contributed by atoms with van der Waals surface area (Å²) in [5, 5.41) is 7.60. The summed E-state index contributed by atoms with van der Waals surface area (Å²) < 4.78 is 7.45. The van der Waals surface area contributed by atoms with Crippen molar-refractivity contribution in [1.29, 1.82) is 0 Å². The molecule has 0 radical (unpaired) electrons. The maximum Gasteiger partial charge on any atom is 0.143 e. The van der Waals surface area contributed by atoms with E-state index in [1.807, 2.05) is 7.05 Å². The summed E-state index contributed by atoms with van der Waals surface area (Å²) >= 11 is 0. The highest BCUT2D eigenvalue weighted by Gasteiger charge is 2.11. The molecule has 1 aromatic heterocycles. The predicted octanol–water partition coefficient (Wildman–Crippen LogP) is 2.59. The van der Waals surface area contributed by atoms with Crippen LogP contribution in [0.3, 0.4) is 0 Å². The molecule has 0 aliphatic rings. The molecule has 5 nitrogen and oxygen atoms in total. The topological polar surface area (TPSA) is 52.0 Å². The fourth-order valence-corrected chi connectivity index (χ4v) is 2.25. The Hall–Kier alpha value is -1.72. The van der Waals surface area contributed by atoms with Gasteiger partial charge in [-0.05, 0) is 24.5 Å². The highest BCUT2D eigenvalue weighted by molar-refractivity contribution is 5.26. The minimum atomic E-state index is 0.155. The summed E-state index contributed by atoms with van der Waals surface area (Å²) in [6.45, 7) is 6.48. The SMILES string of the molecule is CCCOCc1ccccc1CNC(C)c1ncnn1C. The normalized spacial score (nSPS) is 12.5. The Morgan fingerprint density at radius 1 is 1.29 bits per heavy atom. The van der Waals surface area contributed by atoms with Gasteiger partial charge < -0.3 is 10.1 Å². The van der Waals surface area contributed by atoms with Gasteiger partial charge in [0.15, 0.2) is 0 Å². The van der Waals surface area contributed by atoms with Crippen LogP contribution in [-0.4, -0.2) is 21.4 Å². The van der Waals surface area contributed by atoms with Gasteiger partial charge in [0.05, 0.1) is 12.6 Å². The van der Waals surface area contributed by atoms with Crippen molar-refractivity contribution in [3.05, 3.63) is 47.5 Å². The molecule has 0 saturated heterocycles. The first kappa shape index (κ1) is 15.7. The lowest BCUT2D eigenvalue weighted by Gasteiger charge is -2.15. The Labute approximate surface area is 126 Å². The van der Waals surface area contributed by atoms with Crippen molar-refractivity contribution < 1.29 is 4.74 Å². The monoisotopic (exact) mass is 288 g/mol. The maximum absolute atomic E-state index is 5.65. The number of nitrogens with zero attached hydrogens (tertiary/aromatic N) is 3. The Kier molecular flexibility index (Phi) is 5.90. The molecule has 1 unspecified atom stereocenters. The second-order valence-electron chi connectivity index (χ2n) is 5.17. The number of nitrogens with one attached hydrogen (secondary N) is 1. The van der Waals surface area contributed by atoms with Gasteiger partial charge >= 0.3 is 0 Å². The zero-order valence-electron chi connectivity index (χ0n) is 13.0. The molecule has 2 aromatic rings. The van der Waals surface area contributed by atoms with E-state index >= 15 is 0 Å². The molecule has 1 atom stereocenters. The fraction of sp³-hybridized carbons (Fsp3) is 0.500. The van der Waals surface area contributed by atoms with Crippen molar-refractivity contribution >= 4 is 0 Å². The first-order valence-electron chi connectivity index (χ1n) is 7.44. The minimum absolute atomic E-state index is 0.155. The summed E-state index contributed by atoms with van der Waals surface area (Å²) in [7, 11) is 1.91. The molecule has 114 valence electrons. The van der Waals surface area contributed by atoms with Crippen molar-refractivity contribution in [3.63, 3.8) is 0 Å². The zero-order valence-corrected chi connectivity index (χ0v) is 13.0. The Bertz CT molecular complexity index is 553. The molecule has 1 N–H and O–H groups in total. The Morgan fingerprint density at radius 2 is 2.05 bits per heavy atom. The average molecular weight is 288 g/mol. The molecule has 0 bridgehead atoms. The minimum Gasteiger partial charge on any atom is -0.377 e. The maximum atomic E-state index is 5.65. The number of hydrogen-bond donors (Lipinski definition) is 1. The van der Waals surface area contributed by atoms with Gasteiger partial charge in [-0.2, -0.15) is 5.10 Å². The number of aryl methyl sites for hydroxylation is 1. The molecule has 1 aromatic carbocycles. The van der Waals surface area contributed by atoms with Crippen LogP contribution >= 0.6 is 0 Å². The third-order valence-electron chi connectivity index (χ3n) is 3.46. The number of rotatable bonds is 8. The van der Waals surface area contributed by atoms with E-state index < -0.39 is 0 Å². The average Bonchev–Trinajstić information content (AvgIpc) is 2.92. The van der Waals surface area contributed by atoms with Crippen LogP contribution in [-0.2, 0) is 24.9 Å². The largest absolute Gasteiger partial charge is 0.377 e. The predicted molar refractivity (Wildman–Crippen MR) is 82.6 cm³/mol. The molecule has 0 fully saturated rings. The van der Waals surface area contributed by atoms with Gasteiger partial charge in [-0.1, -0.05) is 31.2 Å². The van der Waals surface area contributed by atoms with Crippen LogP contribution in [0.25, 0.3) is 0 Å². The summed E-state index contributed by atoms with van der Waals surface area (Å²) in [6, 6.07) is 8.54. The molecular weight excluding hydrogens is 264 g/mol. The molecule has 0 amide bonds. The number of hydrogen-bond acceptors (Lipinski definition) is 4. The van der Waals surface area contributed by atoms with Crippen LogP contribution in [0.5, 0.6) is 0 Å². The summed E-state index contributed by atoms with van der Waals surface area (Å²) in [5.41, 5.74) is 2.51. The third-order valence-corrected chi connectivity index (χ3v) is 3.46. The second kappa shape index (κ2) is 7.90. The second-order valence-corrected chi connectivity index (χ2v) is 5.17. The molecule has 5 heteroatoms. The lowest BCUT2D eigenvalue weighted by molar-refractivity contribution is 0.121. The van der Waals surface area contributed by atoms with Gasteiger partial charge in [-0.15, -0.1) is 0 Å². The lowest BCUT2D eigenvalue weighted by atomic mass is 10.1. The van der Waals surface area contributed by atoms with E-state index in [2.05, 4.69) is 53.5 Å². The Balaban J connectivity index is 1.95. The van der Waals surface area contributed by atoms with Crippen LogP contribution in [0.2, 0.25) is 0 Å². The first-order valence-corrected chi connectivity index (χ1v) is 7.44. The van der Waals surface area contributed by atoms with E-state index in [1.54, 1.807) is 11.0 Å². The number of aromatic nitrogens is 3. The smallest absolute Gasteiger partial charge is 0.143 e. The van der Waals surface area contributed by atoms with E-state index in [-0.39, 0.29) is 6.04 Å². The third kappa shape index (κ3) is 4.37. The van der Waals surface area contributed by atoms with Gasteiger partial charge in [0.25, 0.3) is 0 Å².